The molecule has 0 bridgehead atoms. The molecular weight excluding hydrogens is 180 g/mol. The summed E-state index contributed by atoms with van der Waals surface area (Å²) in [6.45, 7) is 12.8. The smallest absolute Gasteiger partial charge is 0.331 e. The molecule has 0 atom stereocenters. The van der Waals surface area contributed by atoms with E-state index in [-0.39, 0.29) is 0 Å². The summed E-state index contributed by atoms with van der Waals surface area (Å²) < 4.78 is 11.3. The third-order valence-electron chi connectivity index (χ3n) is 1.54. The molecule has 0 aromatic rings. The van der Waals surface area contributed by atoms with Crippen LogP contribution < -0.4 is 0 Å². The molecule has 0 radical (unpaired) electrons. The molecule has 0 amide bonds. The van der Waals surface area contributed by atoms with Gasteiger partial charge >= 0.3 is 8.56 Å². The van der Waals surface area contributed by atoms with Crippen molar-refractivity contribution >= 4 is 8.56 Å². The van der Waals surface area contributed by atoms with E-state index in [4.69, 9.17) is 8.85 Å². The highest BCUT2D eigenvalue weighted by atomic mass is 28.4. The summed E-state index contributed by atoms with van der Waals surface area (Å²) in [5.74, 6) is 0. The van der Waals surface area contributed by atoms with Crippen molar-refractivity contribution in [1.82, 2.24) is 0 Å². The number of hydrogen-bond acceptors (Lipinski definition) is 2. The Kier molecular flexibility index (Phi) is 6.85. The highest BCUT2D eigenvalue weighted by molar-refractivity contribution is 6.64. The fraction of sp³-hybridized carbons (Fsp3) is 0.600. The fourth-order valence-corrected chi connectivity index (χ4v) is 2.12. The Morgan fingerprint density at radius 1 is 1.00 bits per heavy atom. The first kappa shape index (κ1) is 12.6. The molecule has 3 heteroatoms. The van der Waals surface area contributed by atoms with Crippen LogP contribution in [-0.4, -0.2) is 21.8 Å². The Morgan fingerprint density at radius 2 is 1.38 bits per heavy atom. The minimum absolute atomic E-state index is 0.719. The van der Waals surface area contributed by atoms with Gasteiger partial charge in [-0.2, -0.15) is 0 Å². The first-order valence-electron chi connectivity index (χ1n) is 4.62. The van der Waals surface area contributed by atoms with Crippen molar-refractivity contribution in [1.29, 1.82) is 0 Å². The van der Waals surface area contributed by atoms with Crippen LogP contribution in [0.1, 0.15) is 12.8 Å². The zero-order valence-corrected chi connectivity index (χ0v) is 9.71. The zero-order chi connectivity index (χ0) is 10.2. The van der Waals surface area contributed by atoms with Crippen LogP contribution in [0.3, 0.4) is 0 Å². The van der Waals surface area contributed by atoms with Crippen LogP contribution in [-0.2, 0) is 8.85 Å². The second-order valence-corrected chi connectivity index (χ2v) is 6.63. The van der Waals surface area contributed by atoms with E-state index in [1.807, 2.05) is 12.2 Å². The van der Waals surface area contributed by atoms with Gasteiger partial charge in [0.05, 0.1) is 0 Å². The van der Waals surface area contributed by atoms with Gasteiger partial charge in [-0.3, -0.25) is 0 Å². The second-order valence-electron chi connectivity index (χ2n) is 3.25. The van der Waals surface area contributed by atoms with Gasteiger partial charge in [0, 0.05) is 13.2 Å². The predicted octanol–water partition coefficient (Wildman–Crippen LogP) is 2.87. The lowest BCUT2D eigenvalue weighted by Gasteiger charge is -2.22. The van der Waals surface area contributed by atoms with Crippen LogP contribution in [0.5, 0.6) is 0 Å². The van der Waals surface area contributed by atoms with Gasteiger partial charge in [0.2, 0.25) is 0 Å². The van der Waals surface area contributed by atoms with Crippen LogP contribution in [0.4, 0.5) is 0 Å². The molecule has 0 aliphatic carbocycles. The van der Waals surface area contributed by atoms with E-state index < -0.39 is 8.56 Å². The Labute approximate surface area is 82.5 Å². The summed E-state index contributed by atoms with van der Waals surface area (Å²) in [4.78, 5) is 0. The van der Waals surface area contributed by atoms with Gasteiger partial charge in [0.15, 0.2) is 0 Å². The molecule has 0 fully saturated rings. The molecule has 0 N–H and O–H groups in total. The van der Waals surface area contributed by atoms with Gasteiger partial charge < -0.3 is 8.85 Å². The maximum atomic E-state index is 5.63. The lowest BCUT2D eigenvalue weighted by Crippen LogP contribution is -2.35. The SMILES string of the molecule is C=CCCO[Si](C)(C)OCCC=C. The van der Waals surface area contributed by atoms with Gasteiger partial charge in [-0.15, -0.1) is 13.2 Å². The third kappa shape index (κ3) is 7.96. The van der Waals surface area contributed by atoms with E-state index in [2.05, 4.69) is 26.3 Å². The minimum Gasteiger partial charge on any atom is -0.394 e. The summed E-state index contributed by atoms with van der Waals surface area (Å²) in [6, 6.07) is 0. The molecule has 0 aliphatic heterocycles. The van der Waals surface area contributed by atoms with Crippen molar-refractivity contribution in [2.45, 2.75) is 25.9 Å². The molecule has 0 aromatic carbocycles. The summed E-state index contributed by atoms with van der Waals surface area (Å²) >= 11 is 0. The highest BCUT2D eigenvalue weighted by Gasteiger charge is 2.23. The molecule has 0 rings (SSSR count). The highest BCUT2D eigenvalue weighted by Crippen LogP contribution is 2.07. The Morgan fingerprint density at radius 3 is 1.69 bits per heavy atom. The van der Waals surface area contributed by atoms with Crippen molar-refractivity contribution in [2.24, 2.45) is 0 Å². The van der Waals surface area contributed by atoms with Crippen molar-refractivity contribution in [2.75, 3.05) is 13.2 Å². The summed E-state index contributed by atoms with van der Waals surface area (Å²) in [5, 5.41) is 0. The molecule has 0 unspecified atom stereocenters. The number of hydrogen-bond donors (Lipinski definition) is 0. The Bertz CT molecular complexity index is 139. The average Bonchev–Trinajstić information content (AvgIpc) is 2.05. The molecular formula is C10H20O2Si. The molecule has 0 saturated carbocycles. The summed E-state index contributed by atoms with van der Waals surface area (Å²) in [6.07, 6.45) is 5.49. The summed E-state index contributed by atoms with van der Waals surface area (Å²) in [7, 11) is -1.87. The zero-order valence-electron chi connectivity index (χ0n) is 8.71. The normalized spacial score (nSPS) is 11.2. The van der Waals surface area contributed by atoms with Gasteiger partial charge in [-0.1, -0.05) is 12.2 Å². The Balaban J connectivity index is 3.52. The van der Waals surface area contributed by atoms with Gasteiger partial charge in [0.1, 0.15) is 0 Å². The van der Waals surface area contributed by atoms with Crippen molar-refractivity contribution in [3.63, 3.8) is 0 Å². The third-order valence-corrected chi connectivity index (χ3v) is 3.34. The van der Waals surface area contributed by atoms with Crippen LogP contribution in [0, 0.1) is 0 Å². The van der Waals surface area contributed by atoms with Gasteiger partial charge in [-0.05, 0) is 25.9 Å². The molecule has 0 spiro atoms. The molecule has 13 heavy (non-hydrogen) atoms. The second kappa shape index (κ2) is 7.06. The topological polar surface area (TPSA) is 18.5 Å². The first-order valence-corrected chi connectivity index (χ1v) is 7.44. The van der Waals surface area contributed by atoms with E-state index in [1.54, 1.807) is 0 Å². The van der Waals surface area contributed by atoms with E-state index in [1.165, 1.54) is 0 Å². The standard InChI is InChI=1S/C10H20O2Si/c1-5-7-9-11-13(3,4)12-10-8-6-2/h5-6H,1-2,7-10H2,3-4H3. The van der Waals surface area contributed by atoms with E-state index in [0.717, 1.165) is 26.1 Å². The number of rotatable bonds is 8. The minimum atomic E-state index is -1.87. The maximum Gasteiger partial charge on any atom is 0.331 e. The summed E-state index contributed by atoms with van der Waals surface area (Å²) in [5.41, 5.74) is 0. The van der Waals surface area contributed by atoms with E-state index in [0.29, 0.717) is 0 Å². The lowest BCUT2D eigenvalue weighted by molar-refractivity contribution is 0.184. The molecule has 0 aliphatic rings. The van der Waals surface area contributed by atoms with Crippen molar-refractivity contribution < 1.29 is 8.85 Å². The van der Waals surface area contributed by atoms with E-state index >= 15 is 0 Å². The molecule has 0 saturated heterocycles. The maximum absolute atomic E-state index is 5.63. The average molecular weight is 200 g/mol. The quantitative estimate of drug-likeness (QED) is 0.341. The fourth-order valence-electron chi connectivity index (χ4n) is 0.818. The van der Waals surface area contributed by atoms with Gasteiger partial charge in [0.25, 0.3) is 0 Å². The molecule has 0 aromatic heterocycles. The van der Waals surface area contributed by atoms with Crippen LogP contribution >= 0.6 is 0 Å². The monoisotopic (exact) mass is 200 g/mol. The van der Waals surface area contributed by atoms with Crippen molar-refractivity contribution in [3.05, 3.63) is 25.3 Å². The van der Waals surface area contributed by atoms with E-state index in [9.17, 15) is 0 Å². The van der Waals surface area contributed by atoms with Crippen LogP contribution in [0.15, 0.2) is 25.3 Å². The van der Waals surface area contributed by atoms with Gasteiger partial charge in [-0.25, -0.2) is 0 Å². The first-order chi connectivity index (χ1) is 6.12. The molecule has 2 nitrogen and oxygen atoms in total. The lowest BCUT2D eigenvalue weighted by atomic mass is 10.5. The molecule has 76 valence electrons. The Hall–Kier alpha value is -0.383. The predicted molar refractivity (Wildman–Crippen MR) is 59.0 cm³/mol. The largest absolute Gasteiger partial charge is 0.394 e. The van der Waals surface area contributed by atoms with Crippen LogP contribution in [0.25, 0.3) is 0 Å². The molecule has 0 heterocycles. The van der Waals surface area contributed by atoms with Crippen molar-refractivity contribution in [3.8, 4) is 0 Å². The van der Waals surface area contributed by atoms with Crippen LogP contribution in [0.2, 0.25) is 13.1 Å².